The molecule has 3 atom stereocenters. The van der Waals surface area contributed by atoms with Gasteiger partial charge in [-0.05, 0) is 54.8 Å². The van der Waals surface area contributed by atoms with Crippen LogP contribution in [-0.2, 0) is 13.0 Å². The fourth-order valence-electron chi connectivity index (χ4n) is 5.45. The molecular formula is C27H29FN3O2+. The van der Waals surface area contributed by atoms with Crippen LogP contribution in [-0.4, -0.2) is 30.1 Å². The zero-order valence-electron chi connectivity index (χ0n) is 18.6. The van der Waals surface area contributed by atoms with Crippen molar-refractivity contribution in [1.82, 2.24) is 4.57 Å². The van der Waals surface area contributed by atoms with Crippen LogP contribution in [0.1, 0.15) is 40.4 Å². The van der Waals surface area contributed by atoms with Gasteiger partial charge in [-0.2, -0.15) is 0 Å². The predicted molar refractivity (Wildman–Crippen MR) is 126 cm³/mol. The summed E-state index contributed by atoms with van der Waals surface area (Å²) in [4.78, 5) is 27.3. The van der Waals surface area contributed by atoms with Crippen LogP contribution < -0.4 is 15.8 Å². The zero-order valence-corrected chi connectivity index (χ0v) is 18.6. The highest BCUT2D eigenvalue weighted by Gasteiger charge is 2.37. The summed E-state index contributed by atoms with van der Waals surface area (Å²) in [5, 5.41) is 2.71. The van der Waals surface area contributed by atoms with Gasteiger partial charge < -0.3 is 14.8 Å². The Kier molecular flexibility index (Phi) is 6.09. The Balaban J connectivity index is 1.26. The van der Waals surface area contributed by atoms with Gasteiger partial charge in [0, 0.05) is 36.1 Å². The van der Waals surface area contributed by atoms with E-state index >= 15 is 0 Å². The summed E-state index contributed by atoms with van der Waals surface area (Å²) in [5.41, 5.74) is 2.92. The van der Waals surface area contributed by atoms with Gasteiger partial charge in [0.1, 0.15) is 11.5 Å². The average molecular weight is 447 g/mol. The van der Waals surface area contributed by atoms with Gasteiger partial charge >= 0.3 is 0 Å². The van der Waals surface area contributed by atoms with E-state index in [1.165, 1.54) is 36.2 Å². The van der Waals surface area contributed by atoms with Crippen LogP contribution in [0.3, 0.4) is 0 Å². The van der Waals surface area contributed by atoms with Crippen molar-refractivity contribution in [2.75, 3.05) is 25.0 Å². The lowest BCUT2D eigenvalue weighted by Crippen LogP contribution is -3.14. The number of likely N-dealkylation sites (tertiary alicyclic amines) is 1. The number of benzene rings is 2. The minimum absolute atomic E-state index is 0.148. The summed E-state index contributed by atoms with van der Waals surface area (Å²) >= 11 is 0. The second-order valence-corrected chi connectivity index (χ2v) is 9.34. The lowest BCUT2D eigenvalue weighted by molar-refractivity contribution is -0.911. The monoisotopic (exact) mass is 446 g/mol. The third kappa shape index (κ3) is 4.76. The first-order chi connectivity index (χ1) is 16.1. The van der Waals surface area contributed by atoms with Crippen LogP contribution >= 0.6 is 0 Å². The molecule has 2 aliphatic rings. The van der Waals surface area contributed by atoms with Crippen molar-refractivity contribution >= 4 is 11.6 Å². The molecule has 1 fully saturated rings. The van der Waals surface area contributed by atoms with Crippen molar-refractivity contribution < 1.29 is 14.1 Å². The van der Waals surface area contributed by atoms with Gasteiger partial charge in [-0.25, -0.2) is 4.39 Å². The fourth-order valence-corrected chi connectivity index (χ4v) is 5.45. The number of piperidine rings is 1. The molecule has 5 nitrogen and oxygen atoms in total. The van der Waals surface area contributed by atoms with Gasteiger partial charge in [-0.3, -0.25) is 9.59 Å². The Morgan fingerprint density at radius 1 is 1.03 bits per heavy atom. The minimum atomic E-state index is -0.405. The molecule has 3 aromatic rings. The number of carbonyl (C=O) groups excluding carboxylic acids is 1. The maximum atomic E-state index is 13.2. The van der Waals surface area contributed by atoms with Crippen LogP contribution in [0, 0.1) is 11.7 Å². The van der Waals surface area contributed by atoms with E-state index < -0.39 is 11.7 Å². The van der Waals surface area contributed by atoms with Gasteiger partial charge in [0.15, 0.2) is 0 Å². The van der Waals surface area contributed by atoms with Crippen LogP contribution in [0.5, 0.6) is 0 Å². The first-order valence-corrected chi connectivity index (χ1v) is 11.7. The standard InChI is InChI=1S/C27H28FN3O2/c28-23-10-8-21(9-11-23)26(32)29-24-12-13-25-22-15-20(17-31(25)27(24)33)16-30(18-22)14-4-7-19-5-2-1-3-6-19/h1-3,5-6,8-13,20,22H,4,7,14-18H2,(H,29,32)/p+1/t20-,22+/m0/s1. The van der Waals surface area contributed by atoms with Crippen LogP contribution in [0.2, 0.25) is 0 Å². The molecule has 3 heterocycles. The van der Waals surface area contributed by atoms with Gasteiger partial charge in [-0.15, -0.1) is 0 Å². The first-order valence-electron chi connectivity index (χ1n) is 11.7. The number of hydrogen-bond donors (Lipinski definition) is 2. The number of aromatic nitrogens is 1. The topological polar surface area (TPSA) is 55.5 Å². The van der Waals surface area contributed by atoms with Gasteiger partial charge in [0.25, 0.3) is 11.5 Å². The molecule has 1 unspecified atom stereocenters. The number of fused-ring (bicyclic) bond motifs is 4. The van der Waals surface area contributed by atoms with E-state index in [0.29, 0.717) is 23.9 Å². The number of pyridine rings is 1. The van der Waals surface area contributed by atoms with Crippen molar-refractivity contribution in [3.05, 3.63) is 99.7 Å². The number of quaternary nitrogens is 1. The Hall–Kier alpha value is -3.25. The normalized spacial score (nSPS) is 21.3. The first kappa shape index (κ1) is 21.6. The largest absolute Gasteiger partial charge is 0.334 e. The summed E-state index contributed by atoms with van der Waals surface area (Å²) < 4.78 is 15.0. The van der Waals surface area contributed by atoms with E-state index in [0.717, 1.165) is 38.2 Å². The Morgan fingerprint density at radius 2 is 1.82 bits per heavy atom. The lowest BCUT2D eigenvalue weighted by atomic mass is 9.83. The SMILES string of the molecule is O=C(Nc1ccc2n(c1=O)C[C@H]1C[C@@H]2C[NH+](CCCc2ccccc2)C1)c1ccc(F)cc1. The second-order valence-electron chi connectivity index (χ2n) is 9.34. The van der Waals surface area contributed by atoms with E-state index in [2.05, 4.69) is 35.6 Å². The number of carbonyl (C=O) groups is 1. The molecule has 170 valence electrons. The molecule has 33 heavy (non-hydrogen) atoms. The van der Waals surface area contributed by atoms with E-state index in [1.807, 2.05) is 10.6 Å². The number of halogens is 1. The number of anilines is 1. The maximum absolute atomic E-state index is 13.2. The molecule has 0 radical (unpaired) electrons. The molecule has 2 aromatic carbocycles. The summed E-state index contributed by atoms with van der Waals surface area (Å²) in [7, 11) is 0. The number of hydrogen-bond acceptors (Lipinski definition) is 2. The van der Waals surface area contributed by atoms with E-state index in [9.17, 15) is 14.0 Å². The van der Waals surface area contributed by atoms with Gasteiger partial charge in [0.2, 0.25) is 0 Å². The number of amides is 1. The highest BCUT2D eigenvalue weighted by atomic mass is 19.1. The lowest BCUT2D eigenvalue weighted by Gasteiger charge is -2.40. The summed E-state index contributed by atoms with van der Waals surface area (Å²) in [6.45, 7) is 3.99. The van der Waals surface area contributed by atoms with Crippen molar-refractivity contribution in [1.29, 1.82) is 0 Å². The molecule has 1 saturated heterocycles. The molecule has 1 aromatic heterocycles. The summed E-state index contributed by atoms with van der Waals surface area (Å²) in [5.74, 6) is 0.0448. The third-order valence-corrected chi connectivity index (χ3v) is 6.99. The quantitative estimate of drug-likeness (QED) is 0.612. The molecule has 2 bridgehead atoms. The second kappa shape index (κ2) is 9.32. The van der Waals surface area contributed by atoms with Crippen LogP contribution in [0.25, 0.3) is 0 Å². The predicted octanol–water partition coefficient (Wildman–Crippen LogP) is 2.87. The highest BCUT2D eigenvalue weighted by Crippen LogP contribution is 2.31. The van der Waals surface area contributed by atoms with Crippen molar-refractivity contribution in [3.63, 3.8) is 0 Å². The fraction of sp³-hybridized carbons (Fsp3) is 0.333. The third-order valence-electron chi connectivity index (χ3n) is 6.99. The summed E-state index contributed by atoms with van der Waals surface area (Å²) in [6, 6.07) is 19.7. The Labute approximate surface area is 192 Å². The van der Waals surface area contributed by atoms with Crippen LogP contribution in [0.15, 0.2) is 71.5 Å². The smallest absolute Gasteiger partial charge is 0.274 e. The summed E-state index contributed by atoms with van der Waals surface area (Å²) in [6.07, 6.45) is 3.40. The van der Waals surface area contributed by atoms with E-state index in [4.69, 9.17) is 0 Å². The molecular weight excluding hydrogens is 417 g/mol. The van der Waals surface area contributed by atoms with Crippen molar-refractivity contribution in [2.24, 2.45) is 5.92 Å². The number of aryl methyl sites for hydroxylation is 1. The maximum Gasteiger partial charge on any atom is 0.274 e. The van der Waals surface area contributed by atoms with E-state index in [-0.39, 0.29) is 11.2 Å². The van der Waals surface area contributed by atoms with Crippen molar-refractivity contribution in [2.45, 2.75) is 31.7 Å². The number of nitrogens with one attached hydrogen (secondary N) is 2. The zero-order chi connectivity index (χ0) is 22.8. The molecule has 6 heteroatoms. The molecule has 1 amide bonds. The molecule has 2 aliphatic heterocycles. The molecule has 0 spiro atoms. The van der Waals surface area contributed by atoms with Gasteiger partial charge in [0.05, 0.1) is 19.6 Å². The molecule has 2 N–H and O–H groups in total. The van der Waals surface area contributed by atoms with Gasteiger partial charge in [-0.1, -0.05) is 30.3 Å². The average Bonchev–Trinajstić information content (AvgIpc) is 2.82. The molecule has 0 aliphatic carbocycles. The molecule has 0 saturated carbocycles. The Morgan fingerprint density at radius 3 is 2.61 bits per heavy atom. The van der Waals surface area contributed by atoms with Crippen molar-refractivity contribution in [3.8, 4) is 0 Å². The minimum Gasteiger partial charge on any atom is -0.334 e. The van der Waals surface area contributed by atoms with Crippen LogP contribution in [0.4, 0.5) is 10.1 Å². The highest BCUT2D eigenvalue weighted by molar-refractivity contribution is 6.04. The number of nitrogens with zero attached hydrogens (tertiary/aromatic N) is 1. The Bertz CT molecular complexity index is 1190. The molecule has 5 rings (SSSR count). The number of rotatable bonds is 6. The van der Waals surface area contributed by atoms with E-state index in [1.54, 1.807) is 11.0 Å².